The summed E-state index contributed by atoms with van der Waals surface area (Å²) in [6.45, 7) is 9.08. The topological polar surface area (TPSA) is 51.0 Å². The molecule has 1 aromatic carbocycles. The average molecular weight is 273 g/mol. The molecular weight excluding hydrogens is 250 g/mol. The molecule has 0 spiro atoms. The summed E-state index contributed by atoms with van der Waals surface area (Å²) in [5, 5.41) is 11.7. The lowest BCUT2D eigenvalue weighted by Gasteiger charge is -2.18. The Kier molecular flexibility index (Phi) is 4.55. The van der Waals surface area contributed by atoms with E-state index in [0.29, 0.717) is 18.3 Å². The molecule has 4 nitrogen and oxygen atoms in total. The summed E-state index contributed by atoms with van der Waals surface area (Å²) in [5.74, 6) is 1.51. The highest BCUT2D eigenvalue weighted by molar-refractivity contribution is 5.24. The fraction of sp³-hybridized carbons (Fsp3) is 0.500. The Morgan fingerprint density at radius 3 is 2.45 bits per heavy atom. The third-order valence-corrected chi connectivity index (χ3v) is 3.16. The van der Waals surface area contributed by atoms with E-state index in [1.807, 2.05) is 18.2 Å². The molecule has 1 aromatic heterocycles. The largest absolute Gasteiger partial charge is 0.423 e. The van der Waals surface area contributed by atoms with Crippen LogP contribution in [0.1, 0.15) is 57.4 Å². The van der Waals surface area contributed by atoms with Gasteiger partial charge in [0.15, 0.2) is 0 Å². The summed E-state index contributed by atoms with van der Waals surface area (Å²) in [6.07, 6.45) is 0.943. The van der Waals surface area contributed by atoms with Crippen LogP contribution in [-0.4, -0.2) is 15.7 Å². The number of nitrogens with one attached hydrogen (secondary N) is 1. The van der Waals surface area contributed by atoms with Crippen LogP contribution in [0.25, 0.3) is 0 Å². The first-order valence-corrected chi connectivity index (χ1v) is 7.12. The van der Waals surface area contributed by atoms with Crippen molar-refractivity contribution in [2.45, 2.75) is 52.1 Å². The van der Waals surface area contributed by atoms with Gasteiger partial charge in [0.1, 0.15) is 0 Å². The SMILES string of the molecule is CCC(c1ccccc1)c1nnc(CNC(C)(C)C)o1. The second kappa shape index (κ2) is 6.18. The summed E-state index contributed by atoms with van der Waals surface area (Å²) >= 11 is 0. The number of hydrogen-bond acceptors (Lipinski definition) is 4. The van der Waals surface area contributed by atoms with Crippen LogP contribution in [-0.2, 0) is 6.54 Å². The third kappa shape index (κ3) is 3.90. The van der Waals surface area contributed by atoms with Crippen LogP contribution in [0.2, 0.25) is 0 Å². The molecule has 0 fully saturated rings. The van der Waals surface area contributed by atoms with Crippen molar-refractivity contribution in [1.82, 2.24) is 15.5 Å². The highest BCUT2D eigenvalue weighted by Crippen LogP contribution is 2.26. The van der Waals surface area contributed by atoms with Crippen molar-refractivity contribution < 1.29 is 4.42 Å². The molecule has 1 heterocycles. The molecule has 0 amide bonds. The predicted molar refractivity (Wildman–Crippen MR) is 79.5 cm³/mol. The molecule has 2 aromatic rings. The van der Waals surface area contributed by atoms with Crippen molar-refractivity contribution in [3.63, 3.8) is 0 Å². The van der Waals surface area contributed by atoms with Gasteiger partial charge in [0.25, 0.3) is 0 Å². The van der Waals surface area contributed by atoms with Crippen molar-refractivity contribution in [3.05, 3.63) is 47.7 Å². The van der Waals surface area contributed by atoms with Gasteiger partial charge in [0, 0.05) is 5.54 Å². The van der Waals surface area contributed by atoms with Crippen LogP contribution in [0.3, 0.4) is 0 Å². The average Bonchev–Trinajstić information content (AvgIpc) is 2.87. The lowest BCUT2D eigenvalue weighted by molar-refractivity contribution is 0.365. The fourth-order valence-electron chi connectivity index (χ4n) is 2.06. The molecule has 4 heteroatoms. The van der Waals surface area contributed by atoms with E-state index in [2.05, 4.69) is 55.3 Å². The van der Waals surface area contributed by atoms with E-state index in [-0.39, 0.29) is 11.5 Å². The quantitative estimate of drug-likeness (QED) is 0.906. The molecule has 2 rings (SSSR count). The molecule has 20 heavy (non-hydrogen) atoms. The molecule has 0 bridgehead atoms. The molecule has 1 N–H and O–H groups in total. The van der Waals surface area contributed by atoms with Gasteiger partial charge in [-0.1, -0.05) is 37.3 Å². The summed E-state index contributed by atoms with van der Waals surface area (Å²) in [4.78, 5) is 0. The van der Waals surface area contributed by atoms with Crippen molar-refractivity contribution in [2.75, 3.05) is 0 Å². The minimum Gasteiger partial charge on any atom is -0.423 e. The van der Waals surface area contributed by atoms with Gasteiger partial charge in [-0.05, 0) is 32.8 Å². The Labute approximate surface area is 120 Å². The first-order chi connectivity index (χ1) is 9.49. The van der Waals surface area contributed by atoms with E-state index in [1.54, 1.807) is 0 Å². The van der Waals surface area contributed by atoms with Crippen molar-refractivity contribution in [2.24, 2.45) is 0 Å². The second-order valence-corrected chi connectivity index (χ2v) is 6.01. The van der Waals surface area contributed by atoms with Crippen molar-refractivity contribution >= 4 is 0 Å². The Morgan fingerprint density at radius 2 is 1.85 bits per heavy atom. The summed E-state index contributed by atoms with van der Waals surface area (Å²) in [5.41, 5.74) is 1.26. The van der Waals surface area contributed by atoms with Crippen LogP contribution < -0.4 is 5.32 Å². The van der Waals surface area contributed by atoms with Crippen molar-refractivity contribution in [3.8, 4) is 0 Å². The minimum absolute atomic E-state index is 0.0399. The Hall–Kier alpha value is -1.68. The van der Waals surface area contributed by atoms with Gasteiger partial charge in [0.05, 0.1) is 12.5 Å². The van der Waals surface area contributed by atoms with E-state index in [1.165, 1.54) is 5.56 Å². The zero-order valence-electron chi connectivity index (χ0n) is 12.7. The van der Waals surface area contributed by atoms with E-state index in [4.69, 9.17) is 4.42 Å². The minimum atomic E-state index is 0.0399. The maximum atomic E-state index is 5.80. The Morgan fingerprint density at radius 1 is 1.15 bits per heavy atom. The zero-order chi connectivity index (χ0) is 14.6. The van der Waals surface area contributed by atoms with Gasteiger partial charge < -0.3 is 9.73 Å². The number of aromatic nitrogens is 2. The molecule has 0 aliphatic carbocycles. The molecule has 0 saturated carbocycles. The van der Waals surface area contributed by atoms with Crippen LogP contribution in [0.4, 0.5) is 0 Å². The van der Waals surface area contributed by atoms with Crippen LogP contribution in [0, 0.1) is 0 Å². The molecule has 1 atom stereocenters. The summed E-state index contributed by atoms with van der Waals surface area (Å²) < 4.78 is 5.80. The fourth-order valence-corrected chi connectivity index (χ4v) is 2.06. The van der Waals surface area contributed by atoms with Gasteiger partial charge in [-0.2, -0.15) is 0 Å². The number of benzene rings is 1. The zero-order valence-corrected chi connectivity index (χ0v) is 12.7. The van der Waals surface area contributed by atoms with Gasteiger partial charge in [-0.25, -0.2) is 0 Å². The van der Waals surface area contributed by atoms with Gasteiger partial charge in [0.2, 0.25) is 11.8 Å². The smallest absolute Gasteiger partial charge is 0.230 e. The molecule has 0 saturated heterocycles. The highest BCUT2D eigenvalue weighted by Gasteiger charge is 2.19. The third-order valence-electron chi connectivity index (χ3n) is 3.16. The van der Waals surface area contributed by atoms with Crippen LogP contribution in [0.5, 0.6) is 0 Å². The van der Waals surface area contributed by atoms with Crippen molar-refractivity contribution in [1.29, 1.82) is 0 Å². The normalized spacial score (nSPS) is 13.4. The predicted octanol–water partition coefficient (Wildman–Crippen LogP) is 3.50. The Bertz CT molecular complexity index is 528. The Balaban J connectivity index is 2.11. The molecule has 108 valence electrons. The summed E-state index contributed by atoms with van der Waals surface area (Å²) in [6, 6.07) is 10.3. The van der Waals surface area contributed by atoms with E-state index in [0.717, 1.165) is 6.42 Å². The first kappa shape index (κ1) is 14.7. The standard InChI is InChI=1S/C16H23N3O/c1-5-13(12-9-7-6-8-10-12)15-19-18-14(20-15)11-17-16(2,3)4/h6-10,13,17H,5,11H2,1-4H3. The maximum Gasteiger partial charge on any atom is 0.230 e. The van der Waals surface area contributed by atoms with Gasteiger partial charge in [-0.3, -0.25) is 0 Å². The van der Waals surface area contributed by atoms with E-state index >= 15 is 0 Å². The molecule has 1 unspecified atom stereocenters. The van der Waals surface area contributed by atoms with E-state index < -0.39 is 0 Å². The number of rotatable bonds is 5. The molecular formula is C16H23N3O. The van der Waals surface area contributed by atoms with Crippen LogP contribution >= 0.6 is 0 Å². The van der Waals surface area contributed by atoms with E-state index in [9.17, 15) is 0 Å². The highest BCUT2D eigenvalue weighted by atomic mass is 16.4. The molecule has 0 aliphatic heterocycles. The summed E-state index contributed by atoms with van der Waals surface area (Å²) in [7, 11) is 0. The number of nitrogens with zero attached hydrogens (tertiary/aromatic N) is 2. The number of hydrogen-bond donors (Lipinski definition) is 1. The van der Waals surface area contributed by atoms with Crippen LogP contribution in [0.15, 0.2) is 34.7 Å². The van der Waals surface area contributed by atoms with Gasteiger partial charge in [-0.15, -0.1) is 10.2 Å². The lowest BCUT2D eigenvalue weighted by atomic mass is 9.97. The molecule has 0 aliphatic rings. The molecule has 0 radical (unpaired) electrons. The maximum absolute atomic E-state index is 5.80. The first-order valence-electron chi connectivity index (χ1n) is 7.12. The monoisotopic (exact) mass is 273 g/mol. The lowest BCUT2D eigenvalue weighted by Crippen LogP contribution is -2.35. The second-order valence-electron chi connectivity index (χ2n) is 6.01. The van der Waals surface area contributed by atoms with Gasteiger partial charge >= 0.3 is 0 Å².